The fraction of sp³-hybridized carbons (Fsp3) is 0.0625. The molecule has 1 heterocycles. The molecule has 0 spiro atoms. The Kier molecular flexibility index (Phi) is 3.77. The Morgan fingerprint density at radius 1 is 1.00 bits per heavy atom. The molecule has 0 saturated carbocycles. The quantitative estimate of drug-likeness (QED) is 0.681. The van der Waals surface area contributed by atoms with Crippen molar-refractivity contribution in [2.75, 3.05) is 0 Å². The average Bonchev–Trinajstić information content (AvgIpc) is 2.93. The molecule has 0 saturated heterocycles. The minimum atomic E-state index is -4.69. The van der Waals surface area contributed by atoms with Crippen LogP contribution in [0.1, 0.15) is 5.69 Å². The molecule has 0 aliphatic heterocycles. The minimum absolute atomic E-state index is 0.125. The highest BCUT2D eigenvalue weighted by atomic mass is 35.5. The summed E-state index contributed by atoms with van der Waals surface area (Å²) in [6.45, 7) is 0. The van der Waals surface area contributed by atoms with Gasteiger partial charge in [-0.15, -0.1) is 0 Å². The van der Waals surface area contributed by atoms with Gasteiger partial charge in [0.25, 0.3) is 0 Å². The van der Waals surface area contributed by atoms with Crippen molar-refractivity contribution in [3.8, 4) is 28.2 Å². The number of phenolic OH excluding ortho intramolecular Hbond substituents is 1. The molecule has 1 N–H and O–H groups in total. The molecule has 0 aliphatic carbocycles. The van der Waals surface area contributed by atoms with E-state index in [1.807, 2.05) is 0 Å². The summed E-state index contributed by atoms with van der Waals surface area (Å²) in [7, 11) is 0. The summed E-state index contributed by atoms with van der Waals surface area (Å²) >= 11 is 5.78. The van der Waals surface area contributed by atoms with Gasteiger partial charge in [-0.2, -0.15) is 13.2 Å². The first-order chi connectivity index (χ1) is 10.9. The Balaban J connectivity index is 2.28. The number of phenols is 1. The standard InChI is InChI=1S/C16H9ClF3NO2/c17-10-7-5-9(6-8-10)13-14(11-3-1-2-4-12(11)22)23-21-15(13)16(18,19)20/h1-8,22H. The lowest BCUT2D eigenvalue weighted by molar-refractivity contribution is -0.142. The van der Waals surface area contributed by atoms with Crippen molar-refractivity contribution in [2.24, 2.45) is 0 Å². The van der Waals surface area contributed by atoms with Crippen LogP contribution < -0.4 is 0 Å². The fourth-order valence-electron chi connectivity index (χ4n) is 2.22. The van der Waals surface area contributed by atoms with Crippen LogP contribution in [-0.2, 0) is 6.18 Å². The van der Waals surface area contributed by atoms with Gasteiger partial charge >= 0.3 is 6.18 Å². The Bertz CT molecular complexity index is 841. The van der Waals surface area contributed by atoms with E-state index in [0.717, 1.165) is 0 Å². The number of aromatic nitrogens is 1. The Morgan fingerprint density at radius 2 is 1.65 bits per heavy atom. The first-order valence-corrected chi connectivity index (χ1v) is 6.87. The maximum Gasteiger partial charge on any atom is 0.437 e. The van der Waals surface area contributed by atoms with Crippen LogP contribution in [-0.4, -0.2) is 10.3 Å². The van der Waals surface area contributed by atoms with Crippen LogP contribution in [0.25, 0.3) is 22.5 Å². The number of hydrogen-bond acceptors (Lipinski definition) is 3. The Hall–Kier alpha value is -2.47. The zero-order chi connectivity index (χ0) is 16.6. The largest absolute Gasteiger partial charge is 0.507 e. The van der Waals surface area contributed by atoms with Gasteiger partial charge in [0, 0.05) is 5.02 Å². The molecule has 1 aromatic heterocycles. The number of nitrogens with zero attached hydrogens (tertiary/aromatic N) is 1. The van der Waals surface area contributed by atoms with E-state index in [4.69, 9.17) is 16.1 Å². The van der Waals surface area contributed by atoms with Gasteiger partial charge in [-0.25, -0.2) is 0 Å². The fourth-order valence-corrected chi connectivity index (χ4v) is 2.34. The first-order valence-electron chi connectivity index (χ1n) is 6.49. The number of aromatic hydroxyl groups is 1. The van der Waals surface area contributed by atoms with Gasteiger partial charge in [-0.1, -0.05) is 41.0 Å². The molecule has 3 aromatic rings. The minimum Gasteiger partial charge on any atom is -0.507 e. The van der Waals surface area contributed by atoms with Crippen molar-refractivity contribution >= 4 is 11.6 Å². The van der Waals surface area contributed by atoms with Crippen LogP contribution in [0.2, 0.25) is 5.02 Å². The number of para-hydroxylation sites is 1. The van der Waals surface area contributed by atoms with Gasteiger partial charge < -0.3 is 9.63 Å². The van der Waals surface area contributed by atoms with Gasteiger partial charge in [0.05, 0.1) is 11.1 Å². The van der Waals surface area contributed by atoms with E-state index >= 15 is 0 Å². The average molecular weight is 340 g/mol. The SMILES string of the molecule is Oc1ccccc1-c1onc(C(F)(F)F)c1-c1ccc(Cl)cc1. The predicted molar refractivity (Wildman–Crippen MR) is 79.1 cm³/mol. The van der Waals surface area contributed by atoms with Gasteiger partial charge in [-0.3, -0.25) is 0 Å². The second-order valence-electron chi connectivity index (χ2n) is 4.76. The molecule has 0 aliphatic rings. The van der Waals surface area contributed by atoms with Crippen LogP contribution in [0.15, 0.2) is 53.1 Å². The van der Waals surface area contributed by atoms with Crippen molar-refractivity contribution in [3.63, 3.8) is 0 Å². The molecule has 0 bridgehead atoms. The second kappa shape index (κ2) is 5.62. The van der Waals surface area contributed by atoms with Crippen LogP contribution in [0, 0.1) is 0 Å². The van der Waals surface area contributed by atoms with E-state index in [2.05, 4.69) is 5.16 Å². The molecular weight excluding hydrogens is 331 g/mol. The molecule has 7 heteroatoms. The Labute approximate surface area is 133 Å². The highest BCUT2D eigenvalue weighted by Gasteiger charge is 2.40. The van der Waals surface area contributed by atoms with E-state index in [0.29, 0.717) is 5.02 Å². The van der Waals surface area contributed by atoms with Crippen LogP contribution >= 0.6 is 11.6 Å². The van der Waals surface area contributed by atoms with E-state index in [-0.39, 0.29) is 28.2 Å². The molecule has 0 unspecified atom stereocenters. The van der Waals surface area contributed by atoms with Gasteiger partial charge in [0.2, 0.25) is 0 Å². The summed E-state index contributed by atoms with van der Waals surface area (Å²) in [5.74, 6) is -0.356. The van der Waals surface area contributed by atoms with E-state index in [1.54, 1.807) is 12.1 Å². The van der Waals surface area contributed by atoms with Gasteiger partial charge in [-0.05, 0) is 29.8 Å². The monoisotopic (exact) mass is 339 g/mol. The van der Waals surface area contributed by atoms with E-state index in [9.17, 15) is 18.3 Å². The van der Waals surface area contributed by atoms with Gasteiger partial charge in [0.1, 0.15) is 5.75 Å². The number of hydrogen-bond donors (Lipinski definition) is 1. The molecule has 118 valence electrons. The number of halogens is 4. The molecule has 0 atom stereocenters. The molecule has 0 amide bonds. The summed E-state index contributed by atoms with van der Waals surface area (Å²) < 4.78 is 44.6. The maximum absolute atomic E-state index is 13.2. The van der Waals surface area contributed by atoms with Crippen molar-refractivity contribution in [1.82, 2.24) is 5.16 Å². The molecule has 2 aromatic carbocycles. The lowest BCUT2D eigenvalue weighted by Gasteiger charge is -2.08. The van der Waals surface area contributed by atoms with Crippen LogP contribution in [0.3, 0.4) is 0 Å². The first kappa shape index (κ1) is 15.4. The lowest BCUT2D eigenvalue weighted by atomic mass is 9.99. The Morgan fingerprint density at radius 3 is 2.26 bits per heavy atom. The molecule has 3 nitrogen and oxygen atoms in total. The second-order valence-corrected chi connectivity index (χ2v) is 5.19. The number of rotatable bonds is 2. The summed E-state index contributed by atoms with van der Waals surface area (Å²) in [5, 5.41) is 13.5. The van der Waals surface area contributed by atoms with E-state index in [1.165, 1.54) is 36.4 Å². The zero-order valence-electron chi connectivity index (χ0n) is 11.4. The third-order valence-electron chi connectivity index (χ3n) is 3.24. The molecule has 3 rings (SSSR count). The lowest BCUT2D eigenvalue weighted by Crippen LogP contribution is -2.07. The zero-order valence-corrected chi connectivity index (χ0v) is 12.2. The summed E-state index contributed by atoms with van der Waals surface area (Å²) in [4.78, 5) is 0. The smallest absolute Gasteiger partial charge is 0.437 e. The number of alkyl halides is 3. The van der Waals surface area contributed by atoms with E-state index < -0.39 is 11.9 Å². The normalized spacial score (nSPS) is 11.7. The summed E-state index contributed by atoms with van der Waals surface area (Å²) in [6.07, 6.45) is -4.69. The van der Waals surface area contributed by atoms with Crippen LogP contribution in [0.5, 0.6) is 5.75 Å². The molecule has 0 fully saturated rings. The van der Waals surface area contributed by atoms with Crippen molar-refractivity contribution in [2.45, 2.75) is 6.18 Å². The molecule has 23 heavy (non-hydrogen) atoms. The summed E-state index contributed by atoms with van der Waals surface area (Å²) in [5.41, 5.74) is -1.03. The molecular formula is C16H9ClF3NO2. The highest BCUT2D eigenvalue weighted by Crippen LogP contribution is 2.44. The highest BCUT2D eigenvalue weighted by molar-refractivity contribution is 6.30. The van der Waals surface area contributed by atoms with Crippen LogP contribution in [0.4, 0.5) is 13.2 Å². The van der Waals surface area contributed by atoms with Crippen molar-refractivity contribution in [3.05, 3.63) is 59.2 Å². The topological polar surface area (TPSA) is 46.3 Å². The maximum atomic E-state index is 13.2. The van der Waals surface area contributed by atoms with Crippen molar-refractivity contribution < 1.29 is 22.8 Å². The number of benzene rings is 2. The van der Waals surface area contributed by atoms with Crippen molar-refractivity contribution in [1.29, 1.82) is 0 Å². The molecule has 0 radical (unpaired) electrons. The summed E-state index contributed by atoms with van der Waals surface area (Å²) in [6, 6.07) is 11.8. The third kappa shape index (κ3) is 2.90. The predicted octanol–water partition coefficient (Wildman–Crippen LogP) is 5.39. The van der Waals surface area contributed by atoms with Gasteiger partial charge in [0.15, 0.2) is 11.5 Å². The third-order valence-corrected chi connectivity index (χ3v) is 3.49.